The predicted molar refractivity (Wildman–Crippen MR) is 82.6 cm³/mol. The van der Waals surface area contributed by atoms with E-state index in [1.165, 1.54) is 12.3 Å². The summed E-state index contributed by atoms with van der Waals surface area (Å²) in [5, 5.41) is 11.6. The van der Waals surface area contributed by atoms with Gasteiger partial charge in [0, 0.05) is 22.1 Å². The monoisotopic (exact) mass is 344 g/mol. The summed E-state index contributed by atoms with van der Waals surface area (Å²) in [7, 11) is 0. The minimum absolute atomic E-state index is 0.0336. The van der Waals surface area contributed by atoms with E-state index in [1.54, 1.807) is 18.2 Å². The molecule has 0 aliphatic heterocycles. The first-order valence-electron chi connectivity index (χ1n) is 6.11. The van der Waals surface area contributed by atoms with Crippen LogP contribution in [0, 0.1) is 10.1 Å². The van der Waals surface area contributed by atoms with E-state index in [-0.39, 0.29) is 5.69 Å². The Hall–Kier alpha value is -2.47. The van der Waals surface area contributed by atoms with Gasteiger partial charge in [0.25, 0.3) is 5.69 Å². The number of non-ortho nitro benzene ring substituents is 1. The van der Waals surface area contributed by atoms with Crippen molar-refractivity contribution in [1.82, 2.24) is 4.98 Å². The largest absolute Gasteiger partial charge is 0.457 e. The van der Waals surface area contributed by atoms with Gasteiger partial charge in [0.15, 0.2) is 5.52 Å². The Labute approximate surface area is 128 Å². The van der Waals surface area contributed by atoms with E-state index in [9.17, 15) is 10.1 Å². The summed E-state index contributed by atoms with van der Waals surface area (Å²) in [5.41, 5.74) is 0.283. The number of pyridine rings is 1. The molecule has 1 heterocycles. The minimum atomic E-state index is -0.446. The minimum Gasteiger partial charge on any atom is -0.457 e. The van der Waals surface area contributed by atoms with Crippen molar-refractivity contribution < 1.29 is 9.66 Å². The van der Waals surface area contributed by atoms with E-state index < -0.39 is 4.92 Å². The number of fused-ring (bicyclic) bond motifs is 1. The SMILES string of the molecule is O=[N+]([O-])c1ccc(Oc2ccc(Br)cc2)c2cccnc12. The van der Waals surface area contributed by atoms with Gasteiger partial charge in [0.1, 0.15) is 11.5 Å². The van der Waals surface area contributed by atoms with Crippen molar-refractivity contribution in [3.63, 3.8) is 0 Å². The summed E-state index contributed by atoms with van der Waals surface area (Å²) in [6, 6.07) is 13.8. The highest BCUT2D eigenvalue weighted by molar-refractivity contribution is 9.10. The molecule has 0 spiro atoms. The molecule has 3 rings (SSSR count). The Morgan fingerprint density at radius 1 is 1.10 bits per heavy atom. The first-order valence-corrected chi connectivity index (χ1v) is 6.90. The molecule has 0 N–H and O–H groups in total. The highest BCUT2D eigenvalue weighted by atomic mass is 79.9. The number of nitro benzene ring substituents is 1. The molecule has 3 aromatic rings. The van der Waals surface area contributed by atoms with Crippen LogP contribution in [0.15, 0.2) is 59.2 Å². The molecule has 0 radical (unpaired) electrons. The van der Waals surface area contributed by atoms with Crippen LogP contribution in [0.25, 0.3) is 10.9 Å². The van der Waals surface area contributed by atoms with Gasteiger partial charge < -0.3 is 4.74 Å². The molecule has 0 amide bonds. The zero-order valence-corrected chi connectivity index (χ0v) is 12.3. The second-order valence-electron chi connectivity index (χ2n) is 4.30. The van der Waals surface area contributed by atoms with E-state index in [1.807, 2.05) is 24.3 Å². The number of benzene rings is 2. The van der Waals surface area contributed by atoms with Crippen molar-refractivity contribution >= 4 is 32.5 Å². The standard InChI is InChI=1S/C15H9BrN2O3/c16-10-3-5-11(6-4-10)21-14-8-7-13(18(19)20)15-12(14)2-1-9-17-15/h1-9H. The summed E-state index contributed by atoms with van der Waals surface area (Å²) < 4.78 is 6.75. The summed E-state index contributed by atoms with van der Waals surface area (Å²) in [5.74, 6) is 1.18. The van der Waals surface area contributed by atoms with E-state index in [4.69, 9.17) is 4.74 Å². The lowest BCUT2D eigenvalue weighted by Crippen LogP contribution is -1.93. The maximum absolute atomic E-state index is 11.0. The van der Waals surface area contributed by atoms with Crippen molar-refractivity contribution in [2.45, 2.75) is 0 Å². The van der Waals surface area contributed by atoms with Crippen LogP contribution in [-0.4, -0.2) is 9.91 Å². The molecule has 0 saturated heterocycles. The maximum atomic E-state index is 11.0. The number of halogens is 1. The number of nitrogens with zero attached hydrogens (tertiary/aromatic N) is 2. The normalized spacial score (nSPS) is 10.5. The van der Waals surface area contributed by atoms with Gasteiger partial charge in [-0.1, -0.05) is 15.9 Å². The fourth-order valence-electron chi connectivity index (χ4n) is 2.00. The van der Waals surface area contributed by atoms with Crippen molar-refractivity contribution in [2.24, 2.45) is 0 Å². The number of ether oxygens (including phenoxy) is 1. The third-order valence-corrected chi connectivity index (χ3v) is 3.48. The summed E-state index contributed by atoms with van der Waals surface area (Å²) in [4.78, 5) is 14.7. The lowest BCUT2D eigenvalue weighted by Gasteiger charge is -2.08. The molecule has 0 aliphatic carbocycles. The second-order valence-corrected chi connectivity index (χ2v) is 5.21. The number of nitro groups is 1. The molecule has 6 heteroatoms. The molecular formula is C15H9BrN2O3. The molecule has 0 bridgehead atoms. The van der Waals surface area contributed by atoms with Crippen LogP contribution in [0.4, 0.5) is 5.69 Å². The molecule has 2 aromatic carbocycles. The Balaban J connectivity index is 2.09. The third-order valence-electron chi connectivity index (χ3n) is 2.95. The quantitative estimate of drug-likeness (QED) is 0.510. The fraction of sp³-hybridized carbons (Fsp3) is 0. The zero-order chi connectivity index (χ0) is 14.8. The molecule has 0 saturated carbocycles. The van der Waals surface area contributed by atoms with Gasteiger partial charge in [-0.25, -0.2) is 4.98 Å². The fourth-order valence-corrected chi connectivity index (χ4v) is 2.26. The van der Waals surface area contributed by atoms with Crippen LogP contribution in [0.1, 0.15) is 0 Å². The van der Waals surface area contributed by atoms with Gasteiger partial charge in [-0.05, 0) is 42.5 Å². The Kier molecular flexibility index (Phi) is 3.53. The van der Waals surface area contributed by atoms with Gasteiger partial charge in [0.2, 0.25) is 0 Å². The van der Waals surface area contributed by atoms with Crippen LogP contribution in [-0.2, 0) is 0 Å². The van der Waals surface area contributed by atoms with Gasteiger partial charge in [-0.2, -0.15) is 0 Å². The van der Waals surface area contributed by atoms with Crippen LogP contribution >= 0.6 is 15.9 Å². The number of aromatic nitrogens is 1. The van der Waals surface area contributed by atoms with Crippen molar-refractivity contribution in [3.05, 3.63) is 69.3 Å². The van der Waals surface area contributed by atoms with Crippen LogP contribution < -0.4 is 4.74 Å². The maximum Gasteiger partial charge on any atom is 0.295 e. The van der Waals surface area contributed by atoms with E-state index in [2.05, 4.69) is 20.9 Å². The highest BCUT2D eigenvalue weighted by Crippen LogP contribution is 2.34. The van der Waals surface area contributed by atoms with Crippen LogP contribution in [0.2, 0.25) is 0 Å². The molecule has 5 nitrogen and oxygen atoms in total. The van der Waals surface area contributed by atoms with Crippen LogP contribution in [0.3, 0.4) is 0 Å². The average molecular weight is 345 g/mol. The van der Waals surface area contributed by atoms with Crippen molar-refractivity contribution in [2.75, 3.05) is 0 Å². The van der Waals surface area contributed by atoms with E-state index in [0.29, 0.717) is 22.4 Å². The summed E-state index contributed by atoms with van der Waals surface area (Å²) in [6.07, 6.45) is 1.53. The van der Waals surface area contributed by atoms with Gasteiger partial charge in [-0.3, -0.25) is 10.1 Å². The summed E-state index contributed by atoms with van der Waals surface area (Å²) in [6.45, 7) is 0. The molecule has 1 aromatic heterocycles. The first-order chi connectivity index (χ1) is 10.1. The Bertz CT molecular complexity index is 819. The number of hydrogen-bond acceptors (Lipinski definition) is 4. The Morgan fingerprint density at radius 3 is 2.57 bits per heavy atom. The van der Waals surface area contributed by atoms with Gasteiger partial charge in [-0.15, -0.1) is 0 Å². The van der Waals surface area contributed by atoms with Gasteiger partial charge in [0.05, 0.1) is 4.92 Å². The smallest absolute Gasteiger partial charge is 0.295 e. The second kappa shape index (κ2) is 5.49. The molecule has 0 aliphatic rings. The molecule has 0 unspecified atom stereocenters. The molecule has 0 atom stereocenters. The number of hydrogen-bond donors (Lipinski definition) is 0. The topological polar surface area (TPSA) is 65.3 Å². The highest BCUT2D eigenvalue weighted by Gasteiger charge is 2.16. The third kappa shape index (κ3) is 2.71. The van der Waals surface area contributed by atoms with Crippen molar-refractivity contribution in [3.8, 4) is 11.5 Å². The molecule has 21 heavy (non-hydrogen) atoms. The zero-order valence-electron chi connectivity index (χ0n) is 10.7. The first kappa shape index (κ1) is 13.5. The molecule has 104 valence electrons. The molecule has 0 fully saturated rings. The average Bonchev–Trinajstić information content (AvgIpc) is 2.49. The van der Waals surface area contributed by atoms with Gasteiger partial charge >= 0.3 is 0 Å². The molecular weight excluding hydrogens is 336 g/mol. The lowest BCUT2D eigenvalue weighted by molar-refractivity contribution is -0.383. The van der Waals surface area contributed by atoms with Crippen LogP contribution in [0.5, 0.6) is 11.5 Å². The lowest BCUT2D eigenvalue weighted by atomic mass is 10.1. The van der Waals surface area contributed by atoms with E-state index >= 15 is 0 Å². The van der Waals surface area contributed by atoms with Crippen molar-refractivity contribution in [1.29, 1.82) is 0 Å². The Morgan fingerprint density at radius 2 is 1.86 bits per heavy atom. The summed E-state index contributed by atoms with van der Waals surface area (Å²) >= 11 is 3.36. The number of rotatable bonds is 3. The predicted octanol–water partition coefficient (Wildman–Crippen LogP) is 4.70. The van der Waals surface area contributed by atoms with E-state index in [0.717, 1.165) is 4.47 Å².